The van der Waals surface area contributed by atoms with Gasteiger partial charge >= 0.3 is 0 Å². The zero-order chi connectivity index (χ0) is 20.5. The van der Waals surface area contributed by atoms with Crippen LogP contribution in [0, 0.1) is 0 Å². The summed E-state index contributed by atoms with van der Waals surface area (Å²) in [4.78, 5) is 2.43. The average Bonchev–Trinajstić information content (AvgIpc) is 2.79. The van der Waals surface area contributed by atoms with Crippen molar-refractivity contribution in [3.05, 3.63) is 109 Å². The third-order valence-electron chi connectivity index (χ3n) is 5.79. The highest BCUT2D eigenvalue weighted by Gasteiger charge is 2.16. The molecule has 0 aliphatic rings. The molecule has 0 amide bonds. The molecule has 5 aromatic carbocycles. The minimum absolute atomic E-state index is 0.346. The van der Waals surface area contributed by atoms with Gasteiger partial charge in [0, 0.05) is 22.8 Å². The fraction of sp³-hybridized carbons (Fsp3) is 0.103. The number of rotatable bonds is 4. The molecule has 0 atom stereocenters. The van der Waals surface area contributed by atoms with E-state index in [1.54, 1.807) is 0 Å². The summed E-state index contributed by atoms with van der Waals surface area (Å²) in [5.74, 6) is 0. The van der Waals surface area contributed by atoms with E-state index >= 15 is 0 Å². The van der Waals surface area contributed by atoms with Crippen LogP contribution in [0.4, 0.5) is 11.4 Å². The van der Waals surface area contributed by atoms with Gasteiger partial charge in [-0.15, -0.1) is 0 Å². The van der Waals surface area contributed by atoms with Crippen LogP contribution in [0.15, 0.2) is 109 Å². The Balaban J connectivity index is 1.59. The lowest BCUT2D eigenvalue weighted by Crippen LogP contribution is -2.25. The highest BCUT2D eigenvalue weighted by atomic mass is 15.2. The molecule has 0 saturated carbocycles. The molecule has 0 unspecified atom stereocenters. The second-order valence-electron chi connectivity index (χ2n) is 8.04. The van der Waals surface area contributed by atoms with E-state index in [1.807, 2.05) is 0 Å². The molecule has 0 radical (unpaired) electrons. The van der Waals surface area contributed by atoms with Gasteiger partial charge in [-0.25, -0.2) is 0 Å². The maximum atomic E-state index is 2.43. The van der Waals surface area contributed by atoms with Crippen molar-refractivity contribution in [3.8, 4) is 11.1 Å². The van der Waals surface area contributed by atoms with Crippen LogP contribution in [0.5, 0.6) is 0 Å². The van der Waals surface area contributed by atoms with Gasteiger partial charge in [0.25, 0.3) is 0 Å². The number of hydrogen-bond donors (Lipinski definition) is 0. The molecule has 0 heterocycles. The Morgan fingerprint density at radius 1 is 0.533 bits per heavy atom. The maximum Gasteiger partial charge on any atom is 0.0492 e. The first kappa shape index (κ1) is 18.4. The highest BCUT2D eigenvalue weighted by molar-refractivity contribution is 5.98. The van der Waals surface area contributed by atoms with Crippen LogP contribution in [0.3, 0.4) is 0 Å². The first-order chi connectivity index (χ1) is 14.7. The van der Waals surface area contributed by atoms with E-state index in [9.17, 15) is 0 Å². The van der Waals surface area contributed by atoms with Gasteiger partial charge in [0.15, 0.2) is 0 Å². The molecule has 0 spiro atoms. The number of anilines is 2. The summed E-state index contributed by atoms with van der Waals surface area (Å²) in [6.07, 6.45) is 0. The summed E-state index contributed by atoms with van der Waals surface area (Å²) in [7, 11) is 0. The molecule has 5 aromatic rings. The van der Waals surface area contributed by atoms with Gasteiger partial charge in [-0.1, -0.05) is 91.0 Å². The molecule has 0 saturated heterocycles. The van der Waals surface area contributed by atoms with E-state index in [-0.39, 0.29) is 0 Å². The first-order valence-electron chi connectivity index (χ1n) is 10.6. The Labute approximate surface area is 178 Å². The zero-order valence-electron chi connectivity index (χ0n) is 17.4. The van der Waals surface area contributed by atoms with E-state index in [0.29, 0.717) is 6.04 Å². The second kappa shape index (κ2) is 7.68. The van der Waals surface area contributed by atoms with Crippen LogP contribution in [0.25, 0.3) is 32.7 Å². The molecule has 0 N–H and O–H groups in total. The summed E-state index contributed by atoms with van der Waals surface area (Å²) in [5.41, 5.74) is 4.99. The normalized spacial score (nSPS) is 11.3. The van der Waals surface area contributed by atoms with Gasteiger partial charge in [-0.05, 0) is 59.3 Å². The molecule has 5 rings (SSSR count). The number of fused-ring (bicyclic) bond motifs is 2. The van der Waals surface area contributed by atoms with Crippen LogP contribution in [-0.4, -0.2) is 6.04 Å². The average molecular weight is 388 g/mol. The van der Waals surface area contributed by atoms with Crippen molar-refractivity contribution in [3.63, 3.8) is 0 Å². The van der Waals surface area contributed by atoms with Gasteiger partial charge in [0.2, 0.25) is 0 Å². The van der Waals surface area contributed by atoms with E-state index in [4.69, 9.17) is 0 Å². The minimum Gasteiger partial charge on any atom is -0.338 e. The molecule has 0 fully saturated rings. The summed E-state index contributed by atoms with van der Waals surface area (Å²) in [6.45, 7) is 4.50. The molecular weight excluding hydrogens is 362 g/mol. The predicted molar refractivity (Wildman–Crippen MR) is 131 cm³/mol. The first-order valence-corrected chi connectivity index (χ1v) is 10.6. The number of nitrogens with zero attached hydrogens (tertiary/aromatic N) is 1. The molecular formula is C29H25N. The molecule has 146 valence electrons. The largest absolute Gasteiger partial charge is 0.338 e. The molecule has 30 heavy (non-hydrogen) atoms. The fourth-order valence-electron chi connectivity index (χ4n) is 4.41. The third kappa shape index (κ3) is 3.23. The van der Waals surface area contributed by atoms with Crippen molar-refractivity contribution in [2.24, 2.45) is 0 Å². The van der Waals surface area contributed by atoms with Crippen molar-refractivity contribution in [2.75, 3.05) is 4.90 Å². The SMILES string of the molecule is CC(C)N(c1ccc(-c2cccc3ccccc23)cc1)c1cccc2ccccc12. The minimum atomic E-state index is 0.346. The lowest BCUT2D eigenvalue weighted by Gasteiger charge is -2.30. The van der Waals surface area contributed by atoms with Gasteiger partial charge in [-0.2, -0.15) is 0 Å². The number of hydrogen-bond acceptors (Lipinski definition) is 1. The van der Waals surface area contributed by atoms with Gasteiger partial charge < -0.3 is 4.90 Å². The monoisotopic (exact) mass is 387 g/mol. The summed E-state index contributed by atoms with van der Waals surface area (Å²) in [5, 5.41) is 5.13. The molecule has 0 aromatic heterocycles. The standard InChI is InChI=1S/C29H25N/c1-21(2)30(29-16-8-12-23-10-4-6-14-28(23)29)25-19-17-24(18-20-25)27-15-7-11-22-9-3-5-13-26(22)27/h3-21H,1-2H3. The maximum absolute atomic E-state index is 2.43. The Hall–Kier alpha value is -3.58. The van der Waals surface area contributed by atoms with Gasteiger partial charge in [-0.3, -0.25) is 0 Å². The second-order valence-corrected chi connectivity index (χ2v) is 8.04. The highest BCUT2D eigenvalue weighted by Crippen LogP contribution is 2.36. The van der Waals surface area contributed by atoms with Crippen molar-refractivity contribution in [1.82, 2.24) is 0 Å². The van der Waals surface area contributed by atoms with E-state index < -0.39 is 0 Å². The quantitative estimate of drug-likeness (QED) is 0.300. The van der Waals surface area contributed by atoms with E-state index in [1.165, 1.54) is 44.0 Å². The smallest absolute Gasteiger partial charge is 0.0492 e. The molecule has 1 heteroatoms. The van der Waals surface area contributed by atoms with Crippen molar-refractivity contribution in [1.29, 1.82) is 0 Å². The van der Waals surface area contributed by atoms with Crippen LogP contribution >= 0.6 is 0 Å². The lowest BCUT2D eigenvalue weighted by molar-refractivity contribution is 0.791. The van der Waals surface area contributed by atoms with E-state index in [0.717, 1.165) is 0 Å². The topological polar surface area (TPSA) is 3.24 Å². The van der Waals surface area contributed by atoms with Crippen molar-refractivity contribution in [2.45, 2.75) is 19.9 Å². The summed E-state index contributed by atoms with van der Waals surface area (Å²) < 4.78 is 0. The lowest BCUT2D eigenvalue weighted by atomic mass is 9.98. The Morgan fingerprint density at radius 3 is 1.80 bits per heavy atom. The number of benzene rings is 5. The summed E-state index contributed by atoms with van der Waals surface area (Å²) in [6, 6.07) is 39.6. The fourth-order valence-corrected chi connectivity index (χ4v) is 4.41. The molecule has 1 nitrogen and oxygen atoms in total. The predicted octanol–water partition coefficient (Wildman–Crippen LogP) is 8.21. The van der Waals surface area contributed by atoms with Crippen LogP contribution in [0.2, 0.25) is 0 Å². The van der Waals surface area contributed by atoms with Gasteiger partial charge in [0.1, 0.15) is 0 Å². The molecule has 0 bridgehead atoms. The summed E-state index contributed by atoms with van der Waals surface area (Å²) >= 11 is 0. The molecule has 0 aliphatic carbocycles. The van der Waals surface area contributed by atoms with Crippen LogP contribution < -0.4 is 4.90 Å². The zero-order valence-corrected chi connectivity index (χ0v) is 17.4. The van der Waals surface area contributed by atoms with E-state index in [2.05, 4.69) is 128 Å². The molecule has 0 aliphatic heterocycles. The van der Waals surface area contributed by atoms with Crippen molar-refractivity contribution >= 4 is 32.9 Å². The Bertz CT molecular complexity index is 1300. The van der Waals surface area contributed by atoms with Crippen molar-refractivity contribution < 1.29 is 0 Å². The van der Waals surface area contributed by atoms with Crippen LogP contribution in [0.1, 0.15) is 13.8 Å². The Morgan fingerprint density at radius 2 is 1.10 bits per heavy atom. The van der Waals surface area contributed by atoms with Crippen LogP contribution in [-0.2, 0) is 0 Å². The third-order valence-corrected chi connectivity index (χ3v) is 5.79. The van der Waals surface area contributed by atoms with Gasteiger partial charge in [0.05, 0.1) is 0 Å². The Kier molecular flexibility index (Phi) is 4.72.